The van der Waals surface area contributed by atoms with Crippen LogP contribution in [0.5, 0.6) is 0 Å². The van der Waals surface area contributed by atoms with Crippen LogP contribution in [-0.2, 0) is 15.7 Å². The van der Waals surface area contributed by atoms with Crippen LogP contribution in [0.25, 0.3) is 0 Å². The minimum absolute atomic E-state index is 0.176. The minimum Gasteiger partial charge on any atom is -0.410 e. The van der Waals surface area contributed by atoms with Crippen LogP contribution >= 0.6 is 0 Å². The zero-order chi connectivity index (χ0) is 15.5. The van der Waals surface area contributed by atoms with Crippen molar-refractivity contribution in [1.82, 2.24) is 5.32 Å². The van der Waals surface area contributed by atoms with Gasteiger partial charge in [-0.05, 0) is 23.7 Å². The first-order valence-corrected chi connectivity index (χ1v) is 10.7. The van der Waals surface area contributed by atoms with Crippen LogP contribution in [0.4, 0.5) is 0 Å². The molecule has 1 heterocycles. The highest BCUT2D eigenvalue weighted by atomic mass is 28.4. The van der Waals surface area contributed by atoms with Crippen molar-refractivity contribution in [2.45, 2.75) is 57.6 Å². The number of ether oxygens (including phenoxy) is 1. The van der Waals surface area contributed by atoms with Crippen molar-refractivity contribution < 1.29 is 9.16 Å². The zero-order valence-corrected chi connectivity index (χ0v) is 15.0. The fourth-order valence-electron chi connectivity index (χ4n) is 2.24. The SMILES string of the molecule is CC(C)(C)[Si](C)(C)OC1COCC1NCc1ccccc1. The highest BCUT2D eigenvalue weighted by molar-refractivity contribution is 6.74. The van der Waals surface area contributed by atoms with Gasteiger partial charge in [-0.1, -0.05) is 51.1 Å². The van der Waals surface area contributed by atoms with Gasteiger partial charge in [0.25, 0.3) is 0 Å². The second-order valence-electron chi connectivity index (χ2n) is 7.43. The average Bonchev–Trinajstić information content (AvgIpc) is 2.83. The molecule has 1 fully saturated rings. The second kappa shape index (κ2) is 6.61. The Morgan fingerprint density at radius 2 is 1.86 bits per heavy atom. The summed E-state index contributed by atoms with van der Waals surface area (Å²) >= 11 is 0. The van der Waals surface area contributed by atoms with E-state index < -0.39 is 8.32 Å². The Bertz CT molecular complexity index is 442. The van der Waals surface area contributed by atoms with Crippen LogP contribution in [-0.4, -0.2) is 33.7 Å². The Morgan fingerprint density at radius 3 is 2.48 bits per heavy atom. The Morgan fingerprint density at radius 1 is 1.19 bits per heavy atom. The Kier molecular flexibility index (Phi) is 5.25. The van der Waals surface area contributed by atoms with Crippen molar-refractivity contribution in [3.8, 4) is 0 Å². The van der Waals surface area contributed by atoms with Crippen LogP contribution < -0.4 is 5.32 Å². The molecule has 0 spiro atoms. The number of nitrogens with one attached hydrogen (secondary N) is 1. The van der Waals surface area contributed by atoms with Gasteiger partial charge in [0.15, 0.2) is 8.32 Å². The zero-order valence-electron chi connectivity index (χ0n) is 14.0. The third-order valence-corrected chi connectivity index (χ3v) is 9.20. The molecule has 21 heavy (non-hydrogen) atoms. The molecule has 2 atom stereocenters. The predicted molar refractivity (Wildman–Crippen MR) is 90.0 cm³/mol. The van der Waals surface area contributed by atoms with E-state index in [1.807, 2.05) is 6.07 Å². The van der Waals surface area contributed by atoms with E-state index in [1.165, 1.54) is 5.56 Å². The molecule has 118 valence electrons. The summed E-state index contributed by atoms with van der Waals surface area (Å²) in [6.45, 7) is 13.8. The van der Waals surface area contributed by atoms with Crippen LogP contribution in [0.3, 0.4) is 0 Å². The first-order chi connectivity index (χ1) is 9.79. The van der Waals surface area contributed by atoms with E-state index in [4.69, 9.17) is 9.16 Å². The Balaban J connectivity index is 1.91. The molecule has 0 saturated carbocycles. The summed E-state index contributed by atoms with van der Waals surface area (Å²) < 4.78 is 12.2. The molecule has 2 unspecified atom stereocenters. The molecule has 0 amide bonds. The molecular formula is C17H29NO2Si. The summed E-state index contributed by atoms with van der Waals surface area (Å²) in [5.41, 5.74) is 1.30. The lowest BCUT2D eigenvalue weighted by atomic mass is 10.2. The number of hydrogen-bond donors (Lipinski definition) is 1. The van der Waals surface area contributed by atoms with Crippen LogP contribution in [0.1, 0.15) is 26.3 Å². The summed E-state index contributed by atoms with van der Waals surface area (Å²) in [5.74, 6) is 0. The average molecular weight is 308 g/mol. The van der Waals surface area contributed by atoms with E-state index in [-0.39, 0.29) is 11.1 Å². The van der Waals surface area contributed by atoms with E-state index in [2.05, 4.69) is 63.4 Å². The van der Waals surface area contributed by atoms with Gasteiger partial charge in [0, 0.05) is 6.54 Å². The molecule has 4 heteroatoms. The number of benzene rings is 1. The fourth-order valence-corrected chi connectivity index (χ4v) is 3.58. The quantitative estimate of drug-likeness (QED) is 0.844. The van der Waals surface area contributed by atoms with Gasteiger partial charge in [-0.25, -0.2) is 0 Å². The maximum absolute atomic E-state index is 6.52. The third-order valence-electron chi connectivity index (χ3n) is 4.69. The molecule has 1 aromatic rings. The van der Waals surface area contributed by atoms with Crippen molar-refractivity contribution in [1.29, 1.82) is 0 Å². The van der Waals surface area contributed by atoms with Gasteiger partial charge < -0.3 is 14.5 Å². The molecule has 1 saturated heterocycles. The van der Waals surface area contributed by atoms with E-state index in [0.717, 1.165) is 13.2 Å². The Labute approximate surface area is 130 Å². The van der Waals surface area contributed by atoms with Gasteiger partial charge in [-0.2, -0.15) is 0 Å². The molecule has 0 radical (unpaired) electrons. The summed E-state index contributed by atoms with van der Waals surface area (Å²) in [7, 11) is -1.74. The lowest BCUT2D eigenvalue weighted by molar-refractivity contribution is 0.128. The summed E-state index contributed by atoms with van der Waals surface area (Å²) in [6, 6.07) is 10.8. The van der Waals surface area contributed by atoms with Crippen molar-refractivity contribution in [2.24, 2.45) is 0 Å². The number of rotatable bonds is 5. The maximum atomic E-state index is 6.52. The molecular weight excluding hydrogens is 278 g/mol. The molecule has 2 rings (SSSR count). The number of hydrogen-bond acceptors (Lipinski definition) is 3. The third kappa shape index (κ3) is 4.39. The van der Waals surface area contributed by atoms with E-state index in [1.54, 1.807) is 0 Å². The van der Waals surface area contributed by atoms with Crippen LogP contribution in [0.2, 0.25) is 18.1 Å². The largest absolute Gasteiger partial charge is 0.410 e. The lowest BCUT2D eigenvalue weighted by Crippen LogP contribution is -2.50. The van der Waals surface area contributed by atoms with Gasteiger partial charge in [0.1, 0.15) is 0 Å². The fraction of sp³-hybridized carbons (Fsp3) is 0.647. The molecule has 3 nitrogen and oxygen atoms in total. The molecule has 0 aliphatic carbocycles. The topological polar surface area (TPSA) is 30.5 Å². The minimum atomic E-state index is -1.74. The van der Waals surface area contributed by atoms with Crippen molar-refractivity contribution in [2.75, 3.05) is 13.2 Å². The Hall–Kier alpha value is -0.683. The smallest absolute Gasteiger partial charge is 0.192 e. The molecule has 1 aliphatic heterocycles. The van der Waals surface area contributed by atoms with Crippen molar-refractivity contribution in [3.05, 3.63) is 35.9 Å². The molecule has 1 aromatic carbocycles. The molecule has 1 N–H and O–H groups in total. The summed E-state index contributed by atoms with van der Waals surface area (Å²) in [4.78, 5) is 0. The van der Waals surface area contributed by atoms with Crippen molar-refractivity contribution in [3.63, 3.8) is 0 Å². The van der Waals surface area contributed by atoms with Crippen LogP contribution in [0.15, 0.2) is 30.3 Å². The van der Waals surface area contributed by atoms with Gasteiger partial charge in [-0.3, -0.25) is 0 Å². The van der Waals surface area contributed by atoms with Gasteiger partial charge in [-0.15, -0.1) is 0 Å². The van der Waals surface area contributed by atoms with E-state index >= 15 is 0 Å². The van der Waals surface area contributed by atoms with Crippen molar-refractivity contribution >= 4 is 8.32 Å². The van der Waals surface area contributed by atoms with E-state index in [0.29, 0.717) is 12.6 Å². The van der Waals surface area contributed by atoms with Crippen LogP contribution in [0, 0.1) is 0 Å². The molecule has 1 aliphatic rings. The summed E-state index contributed by atoms with van der Waals surface area (Å²) in [5, 5.41) is 3.83. The lowest BCUT2D eigenvalue weighted by Gasteiger charge is -2.39. The van der Waals surface area contributed by atoms with E-state index in [9.17, 15) is 0 Å². The normalized spacial score (nSPS) is 23.5. The second-order valence-corrected chi connectivity index (χ2v) is 12.2. The highest BCUT2D eigenvalue weighted by Gasteiger charge is 2.42. The predicted octanol–water partition coefficient (Wildman–Crippen LogP) is 3.57. The first-order valence-electron chi connectivity index (χ1n) is 7.82. The summed E-state index contributed by atoms with van der Waals surface area (Å²) in [6.07, 6.45) is 0.176. The maximum Gasteiger partial charge on any atom is 0.192 e. The molecule has 0 aromatic heterocycles. The molecule has 0 bridgehead atoms. The first kappa shape index (κ1) is 16.7. The van der Waals surface area contributed by atoms with Gasteiger partial charge in [0.2, 0.25) is 0 Å². The standard InChI is InChI=1S/C17H29NO2Si/c1-17(2,3)21(4,5)20-16-13-19-12-15(16)18-11-14-9-7-6-8-10-14/h6-10,15-16,18H,11-13H2,1-5H3. The van der Waals surface area contributed by atoms with Gasteiger partial charge >= 0.3 is 0 Å². The monoisotopic (exact) mass is 307 g/mol. The van der Waals surface area contributed by atoms with Gasteiger partial charge in [0.05, 0.1) is 25.4 Å². The highest BCUT2D eigenvalue weighted by Crippen LogP contribution is 2.38.